The average molecular weight is 348 g/mol. The Bertz CT molecular complexity index is 1010. The van der Waals surface area contributed by atoms with Crippen molar-refractivity contribution in [3.05, 3.63) is 64.7 Å². The molecule has 1 spiro atoms. The number of carbonyl (C=O) groups excluding carboxylic acids is 3. The smallest absolute Gasteiger partial charge is 0.252 e. The van der Waals surface area contributed by atoms with Crippen LogP contribution in [0.4, 0.5) is 0 Å². The molecule has 2 heterocycles. The molecule has 3 unspecified atom stereocenters. The van der Waals surface area contributed by atoms with Gasteiger partial charge >= 0.3 is 0 Å². The summed E-state index contributed by atoms with van der Waals surface area (Å²) in [6.45, 7) is 0. The van der Waals surface area contributed by atoms with Crippen LogP contribution in [0.3, 0.4) is 0 Å². The molecule has 1 N–H and O–H groups in total. The third-order valence-electron chi connectivity index (χ3n) is 5.92. The molecule has 5 rings (SSSR count). The third-order valence-corrected chi connectivity index (χ3v) is 5.92. The van der Waals surface area contributed by atoms with Crippen molar-refractivity contribution in [2.45, 2.75) is 11.5 Å². The second-order valence-corrected chi connectivity index (χ2v) is 6.95. The van der Waals surface area contributed by atoms with E-state index in [0.717, 1.165) is 16.7 Å². The van der Waals surface area contributed by atoms with E-state index in [9.17, 15) is 14.4 Å². The fraction of sp³-hybridized carbons (Fsp3) is 0.250. The predicted molar refractivity (Wildman–Crippen MR) is 91.7 cm³/mol. The van der Waals surface area contributed by atoms with Crippen molar-refractivity contribution in [2.24, 2.45) is 5.92 Å². The molecule has 2 aromatic carbocycles. The standard InChI is InChI=1S/C20H16N2O4/c1-22-18(24)15-12-9-10(26-2)7-8-14(12)20(16(15)19(22)25)13-6-4-3-5-11(13)17(23)21-20/h3-9,15-16H,1-2H3,(H,21,23). The number of fused-ring (bicyclic) bond motifs is 7. The normalized spacial score (nSPS) is 28.2. The van der Waals surface area contributed by atoms with Crippen LogP contribution in [-0.4, -0.2) is 36.8 Å². The van der Waals surface area contributed by atoms with Crippen molar-refractivity contribution in [1.82, 2.24) is 10.2 Å². The first-order valence-corrected chi connectivity index (χ1v) is 8.42. The summed E-state index contributed by atoms with van der Waals surface area (Å²) in [5.74, 6) is -1.43. The van der Waals surface area contributed by atoms with Crippen molar-refractivity contribution in [3.8, 4) is 5.75 Å². The van der Waals surface area contributed by atoms with Gasteiger partial charge in [0.25, 0.3) is 5.91 Å². The van der Waals surface area contributed by atoms with Crippen LogP contribution in [0.2, 0.25) is 0 Å². The molecule has 2 aliphatic heterocycles. The summed E-state index contributed by atoms with van der Waals surface area (Å²) in [4.78, 5) is 39.7. The van der Waals surface area contributed by atoms with E-state index >= 15 is 0 Å². The van der Waals surface area contributed by atoms with Gasteiger partial charge in [-0.25, -0.2) is 0 Å². The minimum Gasteiger partial charge on any atom is -0.497 e. The van der Waals surface area contributed by atoms with E-state index in [1.54, 1.807) is 31.4 Å². The number of methoxy groups -OCH3 is 1. The summed E-state index contributed by atoms with van der Waals surface area (Å²) in [5.41, 5.74) is 1.82. The largest absolute Gasteiger partial charge is 0.497 e. The number of carbonyl (C=O) groups is 3. The number of nitrogens with one attached hydrogen (secondary N) is 1. The van der Waals surface area contributed by atoms with Crippen molar-refractivity contribution >= 4 is 17.7 Å². The summed E-state index contributed by atoms with van der Waals surface area (Å²) in [7, 11) is 3.06. The van der Waals surface area contributed by atoms with Crippen LogP contribution < -0.4 is 10.1 Å². The quantitative estimate of drug-likeness (QED) is 0.791. The highest BCUT2D eigenvalue weighted by Gasteiger charge is 2.66. The van der Waals surface area contributed by atoms with Gasteiger partial charge in [0.1, 0.15) is 11.3 Å². The zero-order chi connectivity index (χ0) is 18.2. The number of likely N-dealkylation sites (tertiary alicyclic amines) is 1. The van der Waals surface area contributed by atoms with Gasteiger partial charge in [-0.15, -0.1) is 0 Å². The van der Waals surface area contributed by atoms with Crippen LogP contribution in [-0.2, 0) is 15.1 Å². The zero-order valence-corrected chi connectivity index (χ0v) is 14.3. The van der Waals surface area contributed by atoms with Gasteiger partial charge < -0.3 is 10.1 Å². The maximum atomic E-state index is 13.0. The van der Waals surface area contributed by atoms with E-state index in [4.69, 9.17) is 4.74 Å². The lowest BCUT2D eigenvalue weighted by atomic mass is 9.76. The van der Waals surface area contributed by atoms with Crippen molar-refractivity contribution < 1.29 is 19.1 Å². The Morgan fingerprint density at radius 1 is 1.04 bits per heavy atom. The maximum Gasteiger partial charge on any atom is 0.252 e. The molecule has 1 fully saturated rings. The number of amides is 3. The summed E-state index contributed by atoms with van der Waals surface area (Å²) in [6.07, 6.45) is 0. The first-order valence-electron chi connectivity index (χ1n) is 8.42. The van der Waals surface area contributed by atoms with Gasteiger partial charge in [0.15, 0.2) is 0 Å². The number of hydrogen-bond donors (Lipinski definition) is 1. The monoisotopic (exact) mass is 348 g/mol. The lowest BCUT2D eigenvalue weighted by Crippen LogP contribution is -2.48. The van der Waals surface area contributed by atoms with Gasteiger partial charge in [0, 0.05) is 12.6 Å². The van der Waals surface area contributed by atoms with Gasteiger partial charge in [0.2, 0.25) is 11.8 Å². The molecule has 3 aliphatic rings. The molecule has 3 amide bonds. The number of imide groups is 1. The molecule has 6 heteroatoms. The molecule has 0 aromatic heterocycles. The van der Waals surface area contributed by atoms with Crippen molar-refractivity contribution in [2.75, 3.05) is 14.2 Å². The van der Waals surface area contributed by atoms with Crippen LogP contribution in [0.1, 0.15) is 33.0 Å². The van der Waals surface area contributed by atoms with E-state index in [1.165, 1.54) is 11.9 Å². The Labute approximate surface area is 149 Å². The first kappa shape index (κ1) is 15.1. The van der Waals surface area contributed by atoms with E-state index in [0.29, 0.717) is 11.3 Å². The summed E-state index contributed by atoms with van der Waals surface area (Å²) in [5, 5.41) is 3.05. The molecule has 6 nitrogen and oxygen atoms in total. The van der Waals surface area contributed by atoms with Crippen LogP contribution >= 0.6 is 0 Å². The molecule has 130 valence electrons. The number of nitrogens with zero attached hydrogens (tertiary/aromatic N) is 1. The van der Waals surface area contributed by atoms with Gasteiger partial charge in [-0.3, -0.25) is 19.3 Å². The molecular weight excluding hydrogens is 332 g/mol. The topological polar surface area (TPSA) is 75.7 Å². The first-order chi connectivity index (χ1) is 12.5. The molecule has 2 aromatic rings. The number of likely N-dealkylation sites (N-methyl/N-ethyl adjacent to an activating group) is 1. The number of ether oxygens (including phenoxy) is 1. The zero-order valence-electron chi connectivity index (χ0n) is 14.3. The molecule has 0 saturated carbocycles. The number of hydrogen-bond acceptors (Lipinski definition) is 4. The highest BCUT2D eigenvalue weighted by molar-refractivity contribution is 6.12. The van der Waals surface area contributed by atoms with Crippen LogP contribution in [0.25, 0.3) is 0 Å². The minimum atomic E-state index is -1.02. The third kappa shape index (κ3) is 1.51. The second-order valence-electron chi connectivity index (χ2n) is 6.95. The van der Waals surface area contributed by atoms with Gasteiger partial charge in [-0.1, -0.05) is 24.3 Å². The van der Waals surface area contributed by atoms with E-state index < -0.39 is 17.4 Å². The van der Waals surface area contributed by atoms with Crippen LogP contribution in [0, 0.1) is 5.92 Å². The van der Waals surface area contributed by atoms with Gasteiger partial charge in [-0.2, -0.15) is 0 Å². The summed E-state index contributed by atoms with van der Waals surface area (Å²) in [6, 6.07) is 12.7. The number of rotatable bonds is 1. The Morgan fingerprint density at radius 3 is 2.58 bits per heavy atom. The molecule has 26 heavy (non-hydrogen) atoms. The summed E-state index contributed by atoms with van der Waals surface area (Å²) >= 11 is 0. The Balaban J connectivity index is 1.86. The molecular formula is C20H16N2O4. The highest BCUT2D eigenvalue weighted by atomic mass is 16.5. The Kier molecular flexibility index (Phi) is 2.75. The summed E-state index contributed by atoms with van der Waals surface area (Å²) < 4.78 is 5.32. The lowest BCUT2D eigenvalue weighted by Gasteiger charge is -2.32. The molecule has 0 radical (unpaired) electrons. The second kappa shape index (κ2) is 4.72. The maximum absolute atomic E-state index is 13.0. The van der Waals surface area contributed by atoms with E-state index in [-0.39, 0.29) is 17.7 Å². The van der Waals surface area contributed by atoms with Crippen LogP contribution in [0.5, 0.6) is 5.75 Å². The Hall–Kier alpha value is -3.15. The number of benzene rings is 2. The van der Waals surface area contributed by atoms with E-state index in [1.807, 2.05) is 18.2 Å². The fourth-order valence-corrected chi connectivity index (χ4v) is 4.81. The lowest BCUT2D eigenvalue weighted by molar-refractivity contribution is -0.138. The SMILES string of the molecule is COc1ccc2c(c1)C1C(=O)N(C)C(=O)C1C21NC(=O)c2ccccc21. The fourth-order valence-electron chi connectivity index (χ4n) is 4.81. The molecule has 3 atom stereocenters. The van der Waals surface area contributed by atoms with Gasteiger partial charge in [0.05, 0.1) is 18.9 Å². The van der Waals surface area contributed by atoms with Crippen LogP contribution in [0.15, 0.2) is 42.5 Å². The Morgan fingerprint density at radius 2 is 1.81 bits per heavy atom. The average Bonchev–Trinajstić information content (AvgIpc) is 3.20. The van der Waals surface area contributed by atoms with Gasteiger partial charge in [-0.05, 0) is 34.9 Å². The highest BCUT2D eigenvalue weighted by Crippen LogP contribution is 2.59. The van der Waals surface area contributed by atoms with Crippen molar-refractivity contribution in [1.29, 1.82) is 0 Å². The van der Waals surface area contributed by atoms with Crippen molar-refractivity contribution in [3.63, 3.8) is 0 Å². The predicted octanol–water partition coefficient (Wildman–Crippen LogP) is 1.39. The molecule has 1 saturated heterocycles. The minimum absolute atomic E-state index is 0.224. The molecule has 1 aliphatic carbocycles. The van der Waals surface area contributed by atoms with E-state index in [2.05, 4.69) is 5.32 Å². The molecule has 0 bridgehead atoms.